The summed E-state index contributed by atoms with van der Waals surface area (Å²) < 4.78 is 19.8. The summed E-state index contributed by atoms with van der Waals surface area (Å²) in [5.74, 6) is -0.335. The van der Waals surface area contributed by atoms with Crippen molar-refractivity contribution in [2.45, 2.75) is 32.0 Å². The van der Waals surface area contributed by atoms with Crippen LogP contribution in [0.25, 0.3) is 0 Å². The van der Waals surface area contributed by atoms with Gasteiger partial charge in [-0.3, -0.25) is 0 Å². The van der Waals surface area contributed by atoms with Crippen LogP contribution in [0.2, 0.25) is 10.0 Å². The molecule has 0 saturated carbocycles. The molecule has 124 valence electrons. The molecule has 0 saturated heterocycles. The van der Waals surface area contributed by atoms with E-state index in [4.69, 9.17) is 27.9 Å². The van der Waals surface area contributed by atoms with Crippen molar-refractivity contribution in [1.29, 1.82) is 0 Å². The zero-order chi connectivity index (χ0) is 16.9. The van der Waals surface area contributed by atoms with E-state index in [-0.39, 0.29) is 19.0 Å². The highest BCUT2D eigenvalue weighted by Crippen LogP contribution is 2.37. The number of benzene rings is 2. The lowest BCUT2D eigenvalue weighted by atomic mass is 9.89. The number of hydrogen-bond acceptors (Lipinski definition) is 2. The highest BCUT2D eigenvalue weighted by atomic mass is 35.5. The van der Waals surface area contributed by atoms with E-state index < -0.39 is 5.60 Å². The molecule has 1 N–H and O–H groups in total. The fourth-order valence-electron chi connectivity index (χ4n) is 2.59. The fourth-order valence-corrected chi connectivity index (χ4v) is 3.17. The van der Waals surface area contributed by atoms with Crippen LogP contribution in [0.4, 0.5) is 4.39 Å². The summed E-state index contributed by atoms with van der Waals surface area (Å²) in [7, 11) is 0. The first-order valence-electron chi connectivity index (χ1n) is 7.46. The SMILES string of the molecule is CCCC(CO)(OCc1ccccc1F)c1ccc(Cl)cc1Cl. The van der Waals surface area contributed by atoms with Gasteiger partial charge in [0.15, 0.2) is 0 Å². The van der Waals surface area contributed by atoms with Crippen LogP contribution in [-0.2, 0) is 16.9 Å². The zero-order valence-corrected chi connectivity index (χ0v) is 14.4. The third kappa shape index (κ3) is 4.24. The van der Waals surface area contributed by atoms with E-state index in [1.165, 1.54) is 6.07 Å². The molecule has 0 radical (unpaired) electrons. The molecule has 1 unspecified atom stereocenters. The second-order valence-electron chi connectivity index (χ2n) is 5.41. The maximum Gasteiger partial charge on any atom is 0.128 e. The smallest absolute Gasteiger partial charge is 0.128 e. The molecule has 5 heteroatoms. The van der Waals surface area contributed by atoms with Gasteiger partial charge < -0.3 is 9.84 Å². The summed E-state index contributed by atoms with van der Waals surface area (Å²) in [6, 6.07) is 11.5. The maximum atomic E-state index is 13.8. The fraction of sp³-hybridized carbons (Fsp3) is 0.333. The Kier molecular flexibility index (Phi) is 6.42. The van der Waals surface area contributed by atoms with Crippen molar-refractivity contribution in [2.75, 3.05) is 6.61 Å². The predicted molar refractivity (Wildman–Crippen MR) is 91.3 cm³/mol. The van der Waals surface area contributed by atoms with Crippen molar-refractivity contribution >= 4 is 23.2 Å². The Hall–Kier alpha value is -1.13. The summed E-state index contributed by atoms with van der Waals surface area (Å²) >= 11 is 12.2. The minimum atomic E-state index is -0.987. The Morgan fingerprint density at radius 2 is 1.91 bits per heavy atom. The van der Waals surface area contributed by atoms with Crippen LogP contribution in [0.1, 0.15) is 30.9 Å². The summed E-state index contributed by atoms with van der Waals surface area (Å²) in [6.45, 7) is 1.78. The number of ether oxygens (including phenoxy) is 1. The van der Waals surface area contributed by atoms with Gasteiger partial charge in [0.25, 0.3) is 0 Å². The van der Waals surface area contributed by atoms with Crippen LogP contribution in [0.5, 0.6) is 0 Å². The number of halogens is 3. The minimum Gasteiger partial charge on any atom is -0.393 e. The standard InChI is InChI=1S/C18H19Cl2FO2/c1-2-9-18(12-22,15-8-7-14(19)10-16(15)20)23-11-13-5-3-4-6-17(13)21/h3-8,10,22H,2,9,11-12H2,1H3. The van der Waals surface area contributed by atoms with Crippen molar-refractivity contribution in [3.63, 3.8) is 0 Å². The Morgan fingerprint density at radius 3 is 2.52 bits per heavy atom. The molecule has 0 bridgehead atoms. The molecule has 2 nitrogen and oxygen atoms in total. The molecule has 0 aromatic heterocycles. The first kappa shape index (κ1) is 18.2. The molecule has 0 heterocycles. The van der Waals surface area contributed by atoms with Crippen LogP contribution < -0.4 is 0 Å². The lowest BCUT2D eigenvalue weighted by molar-refractivity contribution is -0.101. The van der Waals surface area contributed by atoms with Gasteiger partial charge in [-0.2, -0.15) is 0 Å². The summed E-state index contributed by atoms with van der Waals surface area (Å²) in [4.78, 5) is 0. The van der Waals surface area contributed by atoms with Gasteiger partial charge in [-0.05, 0) is 24.6 Å². The van der Waals surface area contributed by atoms with Crippen LogP contribution in [0.15, 0.2) is 42.5 Å². The predicted octanol–water partition coefficient (Wildman–Crippen LogP) is 5.34. The van der Waals surface area contributed by atoms with Gasteiger partial charge in [-0.25, -0.2) is 4.39 Å². The van der Waals surface area contributed by atoms with E-state index in [1.54, 1.807) is 36.4 Å². The second kappa shape index (κ2) is 8.11. The van der Waals surface area contributed by atoms with Gasteiger partial charge in [-0.1, -0.05) is 60.8 Å². The number of rotatable bonds is 7. The average Bonchev–Trinajstić information content (AvgIpc) is 2.53. The van der Waals surface area contributed by atoms with Gasteiger partial charge in [0, 0.05) is 21.2 Å². The van der Waals surface area contributed by atoms with Crippen LogP contribution in [0, 0.1) is 5.82 Å². The van der Waals surface area contributed by atoms with E-state index >= 15 is 0 Å². The Labute approximate surface area is 145 Å². The van der Waals surface area contributed by atoms with Gasteiger partial charge in [0.05, 0.1) is 13.2 Å². The summed E-state index contributed by atoms with van der Waals surface area (Å²) in [5, 5.41) is 10.9. The third-order valence-corrected chi connectivity index (χ3v) is 4.34. The Bertz CT molecular complexity index is 663. The Morgan fingerprint density at radius 1 is 1.17 bits per heavy atom. The molecule has 0 amide bonds. The van der Waals surface area contributed by atoms with Gasteiger partial charge in [0.1, 0.15) is 11.4 Å². The number of hydrogen-bond donors (Lipinski definition) is 1. The monoisotopic (exact) mass is 356 g/mol. The second-order valence-corrected chi connectivity index (χ2v) is 6.25. The maximum absolute atomic E-state index is 13.8. The first-order chi connectivity index (χ1) is 11.0. The molecule has 0 fully saturated rings. The van der Waals surface area contributed by atoms with E-state index in [0.29, 0.717) is 27.6 Å². The Balaban J connectivity index is 2.33. The minimum absolute atomic E-state index is 0.0478. The molecule has 0 aliphatic rings. The van der Waals surface area contributed by atoms with Gasteiger partial charge in [-0.15, -0.1) is 0 Å². The normalized spacial score (nSPS) is 13.8. The van der Waals surface area contributed by atoms with Crippen LogP contribution >= 0.6 is 23.2 Å². The molecule has 0 aliphatic heterocycles. The van der Waals surface area contributed by atoms with Crippen molar-refractivity contribution < 1.29 is 14.2 Å². The number of aliphatic hydroxyl groups is 1. The lowest BCUT2D eigenvalue weighted by Gasteiger charge is -2.33. The van der Waals surface area contributed by atoms with Crippen LogP contribution in [-0.4, -0.2) is 11.7 Å². The number of aliphatic hydroxyl groups excluding tert-OH is 1. The molecule has 0 spiro atoms. The molecule has 0 aliphatic carbocycles. The van der Waals surface area contributed by atoms with E-state index in [9.17, 15) is 9.50 Å². The first-order valence-corrected chi connectivity index (χ1v) is 8.22. The largest absolute Gasteiger partial charge is 0.393 e. The van der Waals surface area contributed by atoms with Crippen molar-refractivity contribution in [1.82, 2.24) is 0 Å². The van der Waals surface area contributed by atoms with Crippen molar-refractivity contribution in [3.05, 3.63) is 69.5 Å². The highest BCUT2D eigenvalue weighted by molar-refractivity contribution is 6.35. The third-order valence-electron chi connectivity index (χ3n) is 3.79. The molecule has 2 aromatic rings. The van der Waals surface area contributed by atoms with Crippen molar-refractivity contribution in [3.8, 4) is 0 Å². The lowest BCUT2D eigenvalue weighted by Crippen LogP contribution is -2.34. The molecule has 23 heavy (non-hydrogen) atoms. The molecular formula is C18H19Cl2FO2. The quantitative estimate of drug-likeness (QED) is 0.725. The highest BCUT2D eigenvalue weighted by Gasteiger charge is 2.34. The topological polar surface area (TPSA) is 29.5 Å². The van der Waals surface area contributed by atoms with Gasteiger partial charge >= 0.3 is 0 Å². The molecule has 2 rings (SSSR count). The van der Waals surface area contributed by atoms with Crippen LogP contribution in [0.3, 0.4) is 0 Å². The van der Waals surface area contributed by atoms with Gasteiger partial charge in [0.2, 0.25) is 0 Å². The summed E-state index contributed by atoms with van der Waals surface area (Å²) in [6.07, 6.45) is 1.33. The van der Waals surface area contributed by atoms with E-state index in [0.717, 1.165) is 6.42 Å². The molecule has 2 aromatic carbocycles. The van der Waals surface area contributed by atoms with E-state index in [2.05, 4.69) is 0 Å². The molecule has 1 atom stereocenters. The van der Waals surface area contributed by atoms with Crippen molar-refractivity contribution in [2.24, 2.45) is 0 Å². The molecular weight excluding hydrogens is 338 g/mol. The average molecular weight is 357 g/mol. The zero-order valence-electron chi connectivity index (χ0n) is 12.9. The van der Waals surface area contributed by atoms with E-state index in [1.807, 2.05) is 6.92 Å². The summed E-state index contributed by atoms with van der Waals surface area (Å²) in [5.41, 5.74) is 0.106.